The first-order valence-electron chi connectivity index (χ1n) is 10.3. The van der Waals surface area contributed by atoms with Crippen LogP contribution < -0.4 is 4.74 Å². The van der Waals surface area contributed by atoms with Gasteiger partial charge in [0.15, 0.2) is 12.2 Å². The molecule has 1 saturated heterocycles. The molecule has 1 heterocycles. The van der Waals surface area contributed by atoms with E-state index in [1.54, 1.807) is 0 Å². The van der Waals surface area contributed by atoms with Gasteiger partial charge in [0, 0.05) is 39.8 Å². The fourth-order valence-electron chi connectivity index (χ4n) is 3.16. The Morgan fingerprint density at radius 1 is 0.806 bits per heavy atom. The number of hydrogen-bond donors (Lipinski definition) is 0. The van der Waals surface area contributed by atoms with E-state index in [9.17, 15) is 34.1 Å². The van der Waals surface area contributed by atoms with E-state index in [1.165, 1.54) is 0 Å². The highest BCUT2D eigenvalue weighted by Crippen LogP contribution is 2.30. The van der Waals surface area contributed by atoms with Gasteiger partial charge in [-0.2, -0.15) is 0 Å². The molecule has 15 nitrogen and oxygen atoms in total. The minimum absolute atomic E-state index is 0.0720. The number of nitrogens with zero attached hydrogens (tertiary/aromatic N) is 1. The van der Waals surface area contributed by atoms with Gasteiger partial charge in [-0.3, -0.25) is 29.3 Å². The molecule has 0 saturated carbocycles. The standard InChI is InChI=1S/C21H23NO14/c1-10(23)31-17-16(9-30-21(27)35-15-7-5-14(6-8-15)22(28)29)36-20(34-13(4)26)19(33-12(3)25)18(17)32-11(2)24/h5-8,16-20H,9H2,1-4H3/t16-,17-,18+,19-,20-/m1/s1. The molecular weight excluding hydrogens is 490 g/mol. The minimum Gasteiger partial charge on any atom is -0.455 e. The van der Waals surface area contributed by atoms with Crippen LogP contribution in [0.5, 0.6) is 5.75 Å². The Morgan fingerprint density at radius 2 is 1.31 bits per heavy atom. The largest absolute Gasteiger partial charge is 0.513 e. The SMILES string of the molecule is CC(=O)O[C@@H]1O[C@H](COC(=O)Oc2ccc([N+](=O)[O-])cc2)[C@@H](OC(C)=O)[C@H](OC(C)=O)[C@H]1OC(C)=O. The number of carbonyl (C=O) groups excluding carboxylic acids is 5. The molecular formula is C21H23NO14. The highest BCUT2D eigenvalue weighted by molar-refractivity contribution is 5.69. The normalized spacial score (nSPS) is 22.9. The summed E-state index contributed by atoms with van der Waals surface area (Å²) in [6, 6.07) is 4.53. The summed E-state index contributed by atoms with van der Waals surface area (Å²) in [5, 5.41) is 10.7. The predicted octanol–water partition coefficient (Wildman–Crippen LogP) is 1.19. The van der Waals surface area contributed by atoms with E-state index < -0.39 is 72.3 Å². The topological polar surface area (TPSA) is 193 Å². The van der Waals surface area contributed by atoms with Gasteiger partial charge < -0.3 is 33.2 Å². The second-order valence-corrected chi connectivity index (χ2v) is 7.29. The van der Waals surface area contributed by atoms with Crippen molar-refractivity contribution in [1.29, 1.82) is 0 Å². The van der Waals surface area contributed by atoms with E-state index in [0.717, 1.165) is 52.0 Å². The fourth-order valence-corrected chi connectivity index (χ4v) is 3.16. The summed E-state index contributed by atoms with van der Waals surface area (Å²) >= 11 is 0. The molecule has 0 N–H and O–H groups in total. The van der Waals surface area contributed by atoms with Crippen LogP contribution in [0.4, 0.5) is 10.5 Å². The van der Waals surface area contributed by atoms with E-state index in [2.05, 4.69) is 0 Å². The molecule has 0 radical (unpaired) electrons. The Morgan fingerprint density at radius 3 is 1.81 bits per heavy atom. The zero-order valence-electron chi connectivity index (χ0n) is 19.6. The van der Waals surface area contributed by atoms with Crippen LogP contribution in [0, 0.1) is 10.1 Å². The number of hydrogen-bond acceptors (Lipinski definition) is 14. The Hall–Kier alpha value is -4.27. The monoisotopic (exact) mass is 513 g/mol. The molecule has 0 bridgehead atoms. The quantitative estimate of drug-likeness (QED) is 0.158. The lowest BCUT2D eigenvalue weighted by molar-refractivity contribution is -0.384. The Balaban J connectivity index is 2.24. The molecule has 0 amide bonds. The van der Waals surface area contributed by atoms with E-state index in [-0.39, 0.29) is 11.4 Å². The van der Waals surface area contributed by atoms with Gasteiger partial charge in [-0.1, -0.05) is 0 Å². The fraction of sp³-hybridized carbons (Fsp3) is 0.476. The molecule has 0 aromatic heterocycles. The molecule has 0 unspecified atom stereocenters. The highest BCUT2D eigenvalue weighted by Gasteiger charge is 2.53. The van der Waals surface area contributed by atoms with Gasteiger partial charge in [0.2, 0.25) is 12.4 Å². The molecule has 1 aromatic rings. The number of benzene rings is 1. The zero-order valence-corrected chi connectivity index (χ0v) is 19.6. The van der Waals surface area contributed by atoms with Crippen molar-refractivity contribution in [3.63, 3.8) is 0 Å². The Bertz CT molecular complexity index is 1010. The summed E-state index contributed by atoms with van der Waals surface area (Å²) in [6.45, 7) is 3.51. The number of ether oxygens (including phenoxy) is 7. The predicted molar refractivity (Wildman–Crippen MR) is 112 cm³/mol. The lowest BCUT2D eigenvalue weighted by Gasteiger charge is -2.43. The third-order valence-electron chi connectivity index (χ3n) is 4.39. The summed E-state index contributed by atoms with van der Waals surface area (Å²) in [4.78, 5) is 69.0. The summed E-state index contributed by atoms with van der Waals surface area (Å²) in [5.41, 5.74) is -0.231. The van der Waals surface area contributed by atoms with Gasteiger partial charge in [-0.25, -0.2) is 4.79 Å². The first kappa shape index (κ1) is 28.0. The molecule has 1 aliphatic rings. The maximum atomic E-state index is 12.1. The van der Waals surface area contributed by atoms with Crippen molar-refractivity contribution in [2.45, 2.75) is 58.4 Å². The van der Waals surface area contributed by atoms with Gasteiger partial charge in [0.25, 0.3) is 5.69 Å². The Labute approximate surface area is 203 Å². The second-order valence-electron chi connectivity index (χ2n) is 7.29. The van der Waals surface area contributed by atoms with E-state index in [4.69, 9.17) is 33.2 Å². The molecule has 15 heteroatoms. The van der Waals surface area contributed by atoms with Crippen molar-refractivity contribution in [2.75, 3.05) is 6.61 Å². The molecule has 1 aromatic carbocycles. The number of rotatable bonds is 8. The average molecular weight is 513 g/mol. The maximum absolute atomic E-state index is 12.1. The molecule has 36 heavy (non-hydrogen) atoms. The van der Waals surface area contributed by atoms with Crippen molar-refractivity contribution < 1.29 is 62.1 Å². The molecule has 0 aliphatic carbocycles. The average Bonchev–Trinajstić information content (AvgIpc) is 2.75. The lowest BCUT2D eigenvalue weighted by Crippen LogP contribution is -2.63. The van der Waals surface area contributed by atoms with Crippen molar-refractivity contribution >= 4 is 35.7 Å². The highest BCUT2D eigenvalue weighted by atomic mass is 16.8. The van der Waals surface area contributed by atoms with Crippen molar-refractivity contribution in [2.24, 2.45) is 0 Å². The van der Waals surface area contributed by atoms with E-state index in [0.29, 0.717) is 0 Å². The van der Waals surface area contributed by atoms with E-state index >= 15 is 0 Å². The minimum atomic E-state index is -1.62. The van der Waals surface area contributed by atoms with Crippen molar-refractivity contribution in [3.05, 3.63) is 34.4 Å². The molecule has 0 spiro atoms. The summed E-state index contributed by atoms with van der Waals surface area (Å²) in [7, 11) is 0. The first-order chi connectivity index (χ1) is 16.9. The first-order valence-corrected chi connectivity index (χ1v) is 10.3. The Kier molecular flexibility index (Phi) is 9.66. The van der Waals surface area contributed by atoms with Crippen LogP contribution in [-0.2, 0) is 47.6 Å². The van der Waals surface area contributed by atoms with Crippen molar-refractivity contribution in [1.82, 2.24) is 0 Å². The lowest BCUT2D eigenvalue weighted by atomic mass is 9.98. The number of nitro groups is 1. The van der Waals surface area contributed by atoms with Crippen LogP contribution in [0.15, 0.2) is 24.3 Å². The summed E-state index contributed by atoms with van der Waals surface area (Å²) in [5.74, 6) is -3.46. The third-order valence-corrected chi connectivity index (χ3v) is 4.39. The van der Waals surface area contributed by atoms with E-state index in [1.807, 2.05) is 0 Å². The summed E-state index contributed by atoms with van der Waals surface area (Å²) in [6.07, 6.45) is -8.75. The van der Waals surface area contributed by atoms with Crippen molar-refractivity contribution in [3.8, 4) is 5.75 Å². The van der Waals surface area contributed by atoms with Gasteiger partial charge >= 0.3 is 30.0 Å². The summed E-state index contributed by atoms with van der Waals surface area (Å²) < 4.78 is 36.1. The van der Waals surface area contributed by atoms with Gasteiger partial charge in [-0.05, 0) is 12.1 Å². The number of esters is 4. The van der Waals surface area contributed by atoms with Gasteiger partial charge in [-0.15, -0.1) is 0 Å². The van der Waals surface area contributed by atoms with Crippen LogP contribution >= 0.6 is 0 Å². The zero-order chi connectivity index (χ0) is 27.0. The van der Waals surface area contributed by atoms with Crippen LogP contribution in [0.1, 0.15) is 27.7 Å². The molecule has 196 valence electrons. The van der Waals surface area contributed by atoms with Gasteiger partial charge in [0.05, 0.1) is 4.92 Å². The number of non-ortho nitro benzene ring substituents is 1. The van der Waals surface area contributed by atoms with Crippen LogP contribution in [-0.4, -0.2) is 72.3 Å². The molecule has 5 atom stereocenters. The number of nitro benzene ring substituents is 1. The second kappa shape index (κ2) is 12.4. The van der Waals surface area contributed by atoms with Crippen LogP contribution in [0.25, 0.3) is 0 Å². The smallest absolute Gasteiger partial charge is 0.455 e. The number of carbonyl (C=O) groups is 5. The third kappa shape index (κ3) is 8.19. The van der Waals surface area contributed by atoms with Gasteiger partial charge in [0.1, 0.15) is 18.5 Å². The van der Waals surface area contributed by atoms with Crippen LogP contribution in [0.2, 0.25) is 0 Å². The molecule has 1 fully saturated rings. The molecule has 1 aliphatic heterocycles. The maximum Gasteiger partial charge on any atom is 0.513 e. The van der Waals surface area contributed by atoms with Crippen LogP contribution in [0.3, 0.4) is 0 Å². The molecule has 2 rings (SSSR count).